The first kappa shape index (κ1) is 30.1. The Morgan fingerprint density at radius 1 is 1.06 bits per heavy atom. The molecule has 1 heterocycles. The molecule has 0 unspecified atom stereocenters. The lowest BCUT2D eigenvalue weighted by Gasteiger charge is -2.41. The van der Waals surface area contributed by atoms with Gasteiger partial charge in [-0.25, -0.2) is 4.79 Å². The molecule has 7 heteroatoms. The Hall–Kier alpha value is -1.89. The first-order valence-corrected chi connectivity index (χ1v) is 13.2. The molecular formula is C27H49N3O4. The van der Waals surface area contributed by atoms with E-state index in [2.05, 4.69) is 24.1 Å². The molecule has 34 heavy (non-hydrogen) atoms. The molecule has 1 rings (SSSR count). The third-order valence-electron chi connectivity index (χ3n) is 6.98. The van der Waals surface area contributed by atoms with E-state index in [-0.39, 0.29) is 41.7 Å². The Balaban J connectivity index is 3.09. The summed E-state index contributed by atoms with van der Waals surface area (Å²) >= 11 is 0. The van der Waals surface area contributed by atoms with Gasteiger partial charge in [-0.2, -0.15) is 0 Å². The van der Waals surface area contributed by atoms with Gasteiger partial charge in [0.25, 0.3) is 0 Å². The molecular weight excluding hydrogens is 430 g/mol. The minimum Gasteiger partial charge on any atom is -0.463 e. The van der Waals surface area contributed by atoms with Gasteiger partial charge in [-0.1, -0.05) is 54.0 Å². The predicted molar refractivity (Wildman–Crippen MR) is 137 cm³/mol. The molecule has 0 bridgehead atoms. The van der Waals surface area contributed by atoms with Crippen molar-refractivity contribution in [1.82, 2.24) is 15.1 Å². The van der Waals surface area contributed by atoms with Crippen molar-refractivity contribution in [2.45, 2.75) is 112 Å². The van der Waals surface area contributed by atoms with Crippen LogP contribution in [0, 0.1) is 11.8 Å². The normalized spacial score (nSPS) is 19.3. The first-order chi connectivity index (χ1) is 16.0. The van der Waals surface area contributed by atoms with E-state index in [0.29, 0.717) is 18.2 Å². The van der Waals surface area contributed by atoms with Gasteiger partial charge < -0.3 is 15.0 Å². The highest BCUT2D eigenvalue weighted by atomic mass is 16.5. The monoisotopic (exact) mass is 479 g/mol. The van der Waals surface area contributed by atoms with Crippen molar-refractivity contribution in [1.29, 1.82) is 0 Å². The molecule has 1 aliphatic heterocycles. The summed E-state index contributed by atoms with van der Waals surface area (Å²) in [5, 5.41) is 3.11. The number of hydrogen-bond donors (Lipinski definition) is 1. The predicted octanol–water partition coefficient (Wildman–Crippen LogP) is 4.16. The fourth-order valence-corrected chi connectivity index (χ4v) is 4.88. The molecule has 0 aliphatic carbocycles. The van der Waals surface area contributed by atoms with E-state index in [4.69, 9.17) is 4.74 Å². The summed E-state index contributed by atoms with van der Waals surface area (Å²) in [7, 11) is 1.75. The molecule has 0 aromatic carbocycles. The Bertz CT molecular complexity index is 700. The highest BCUT2D eigenvalue weighted by molar-refractivity contribution is 5.91. The Labute approximate surface area is 207 Å². The van der Waals surface area contributed by atoms with Crippen LogP contribution in [-0.4, -0.2) is 72.0 Å². The molecule has 0 spiro atoms. The Kier molecular flexibility index (Phi) is 12.9. The maximum atomic E-state index is 13.6. The summed E-state index contributed by atoms with van der Waals surface area (Å²) in [5.74, 6) is -0.537. The van der Waals surface area contributed by atoms with Gasteiger partial charge in [-0.3, -0.25) is 14.5 Å². The van der Waals surface area contributed by atoms with Crippen molar-refractivity contribution < 1.29 is 19.1 Å². The molecule has 0 aromatic heterocycles. The number of ether oxygens (including phenoxy) is 1. The van der Waals surface area contributed by atoms with Crippen molar-refractivity contribution in [2.24, 2.45) is 11.8 Å². The number of likely N-dealkylation sites (N-methyl/N-ethyl adjacent to an activating group) is 1. The summed E-state index contributed by atoms with van der Waals surface area (Å²) in [4.78, 5) is 43.2. The van der Waals surface area contributed by atoms with E-state index in [1.807, 2.05) is 27.7 Å². The summed E-state index contributed by atoms with van der Waals surface area (Å²) in [6, 6.07) is -0.718. The van der Waals surface area contributed by atoms with Crippen molar-refractivity contribution >= 4 is 17.8 Å². The van der Waals surface area contributed by atoms with Crippen molar-refractivity contribution in [3.8, 4) is 0 Å². The van der Waals surface area contributed by atoms with E-state index in [0.717, 1.165) is 38.6 Å². The van der Waals surface area contributed by atoms with E-state index in [1.165, 1.54) is 0 Å². The summed E-state index contributed by atoms with van der Waals surface area (Å²) < 4.78 is 5.11. The Morgan fingerprint density at radius 2 is 1.68 bits per heavy atom. The number of hydrogen-bond acceptors (Lipinski definition) is 5. The zero-order valence-corrected chi connectivity index (χ0v) is 23.0. The molecule has 1 fully saturated rings. The van der Waals surface area contributed by atoms with Crippen LogP contribution in [0.3, 0.4) is 0 Å². The Morgan fingerprint density at radius 3 is 2.18 bits per heavy atom. The lowest BCUT2D eigenvalue weighted by Crippen LogP contribution is -2.59. The van der Waals surface area contributed by atoms with Gasteiger partial charge in [0.1, 0.15) is 6.04 Å². The second-order valence-corrected chi connectivity index (χ2v) is 10.2. The van der Waals surface area contributed by atoms with Crippen LogP contribution in [0.1, 0.15) is 87.5 Å². The number of amides is 2. The highest BCUT2D eigenvalue weighted by Gasteiger charge is 2.36. The standard InChI is InChI=1S/C27H49N3O4/c1-10-21(11-2)30-16-14-13-15-22(30)25(31)28-24(19(6)7)26(32)29(9)23(18(4)5)17-20(8)27(33)34-12-3/h17-19,21-24H,10-16H2,1-9H3,(H,28,31)/t22-,23-,24+/m1/s1. The van der Waals surface area contributed by atoms with Crippen molar-refractivity contribution in [3.05, 3.63) is 11.6 Å². The van der Waals surface area contributed by atoms with Gasteiger partial charge in [-0.05, 0) is 57.9 Å². The minimum atomic E-state index is -0.625. The summed E-state index contributed by atoms with van der Waals surface area (Å²) in [6.07, 6.45) is 6.79. The van der Waals surface area contributed by atoms with Crippen LogP contribution in [-0.2, 0) is 19.1 Å². The van der Waals surface area contributed by atoms with Gasteiger partial charge >= 0.3 is 5.97 Å². The number of likely N-dealkylation sites (tertiary alicyclic amines) is 1. The fourth-order valence-electron chi connectivity index (χ4n) is 4.88. The van der Waals surface area contributed by atoms with Crippen molar-refractivity contribution in [2.75, 3.05) is 20.2 Å². The van der Waals surface area contributed by atoms with E-state index >= 15 is 0 Å². The topological polar surface area (TPSA) is 79.0 Å². The zero-order chi connectivity index (χ0) is 26.0. The van der Waals surface area contributed by atoms with Crippen LogP contribution < -0.4 is 5.32 Å². The third kappa shape index (κ3) is 8.10. The van der Waals surface area contributed by atoms with Crippen LogP contribution in [0.2, 0.25) is 0 Å². The molecule has 1 aliphatic rings. The summed E-state index contributed by atoms with van der Waals surface area (Å²) in [6.45, 7) is 17.0. The number of nitrogens with one attached hydrogen (secondary N) is 1. The summed E-state index contributed by atoms with van der Waals surface area (Å²) in [5.41, 5.74) is 0.480. The molecule has 3 atom stereocenters. The zero-order valence-electron chi connectivity index (χ0n) is 23.0. The molecule has 1 N–H and O–H groups in total. The van der Waals surface area contributed by atoms with Crippen LogP contribution >= 0.6 is 0 Å². The number of nitrogens with zero attached hydrogens (tertiary/aromatic N) is 2. The van der Waals surface area contributed by atoms with Crippen LogP contribution in [0.15, 0.2) is 11.6 Å². The molecule has 196 valence electrons. The average molecular weight is 480 g/mol. The smallest absolute Gasteiger partial charge is 0.333 e. The molecule has 0 aromatic rings. The molecule has 0 saturated carbocycles. The maximum Gasteiger partial charge on any atom is 0.333 e. The van der Waals surface area contributed by atoms with E-state index in [9.17, 15) is 14.4 Å². The number of rotatable bonds is 12. The van der Waals surface area contributed by atoms with Gasteiger partial charge in [-0.15, -0.1) is 0 Å². The maximum absolute atomic E-state index is 13.6. The number of carbonyl (C=O) groups excluding carboxylic acids is 3. The van der Waals surface area contributed by atoms with Crippen LogP contribution in [0.25, 0.3) is 0 Å². The molecule has 1 saturated heterocycles. The number of esters is 1. The second-order valence-electron chi connectivity index (χ2n) is 10.2. The quantitative estimate of drug-likeness (QED) is 0.336. The number of carbonyl (C=O) groups is 3. The van der Waals surface area contributed by atoms with Gasteiger partial charge in [0.15, 0.2) is 0 Å². The fraction of sp³-hybridized carbons (Fsp3) is 0.815. The van der Waals surface area contributed by atoms with Crippen molar-refractivity contribution in [3.63, 3.8) is 0 Å². The molecule has 0 radical (unpaired) electrons. The SMILES string of the molecule is CCOC(=O)C(C)=C[C@H](C(C)C)N(C)C(=O)[C@@H](NC(=O)[C@H]1CCCCN1C(CC)CC)C(C)C. The molecule has 2 amide bonds. The minimum absolute atomic E-state index is 0.0496. The van der Waals surface area contributed by atoms with Crippen LogP contribution in [0.5, 0.6) is 0 Å². The van der Waals surface area contributed by atoms with Gasteiger partial charge in [0.2, 0.25) is 11.8 Å². The number of piperidine rings is 1. The lowest BCUT2D eigenvalue weighted by atomic mass is 9.94. The lowest BCUT2D eigenvalue weighted by molar-refractivity contribution is -0.140. The average Bonchev–Trinajstić information content (AvgIpc) is 2.80. The van der Waals surface area contributed by atoms with Gasteiger partial charge in [0, 0.05) is 18.7 Å². The van der Waals surface area contributed by atoms with E-state index < -0.39 is 6.04 Å². The van der Waals surface area contributed by atoms with Crippen LogP contribution in [0.4, 0.5) is 0 Å². The largest absolute Gasteiger partial charge is 0.463 e. The third-order valence-corrected chi connectivity index (χ3v) is 6.98. The first-order valence-electron chi connectivity index (χ1n) is 13.2. The van der Waals surface area contributed by atoms with E-state index in [1.54, 1.807) is 31.9 Å². The van der Waals surface area contributed by atoms with Gasteiger partial charge in [0.05, 0.1) is 18.7 Å². The highest BCUT2D eigenvalue weighted by Crippen LogP contribution is 2.24. The second kappa shape index (κ2) is 14.5. The molecule has 7 nitrogen and oxygen atoms in total.